The van der Waals surface area contributed by atoms with Gasteiger partial charge in [-0.25, -0.2) is 4.39 Å². The van der Waals surface area contributed by atoms with Crippen LogP contribution in [-0.2, 0) is 7.05 Å². The van der Waals surface area contributed by atoms with Crippen molar-refractivity contribution in [2.24, 2.45) is 7.05 Å². The fraction of sp³-hybridized carbons (Fsp3) is 0.0667. The second kappa shape index (κ2) is 4.77. The minimum Gasteiger partial charge on any atom is -0.480 e. The van der Waals surface area contributed by atoms with Crippen molar-refractivity contribution in [3.8, 4) is 28.5 Å². The van der Waals surface area contributed by atoms with Crippen LogP contribution in [0.1, 0.15) is 0 Å². The number of rotatable bonds is 2. The molecule has 20 heavy (non-hydrogen) atoms. The molecule has 0 aliphatic heterocycles. The number of aromatic nitrogens is 3. The van der Waals surface area contributed by atoms with Crippen molar-refractivity contribution in [2.45, 2.75) is 0 Å². The molecule has 100 valence electrons. The normalized spacial score (nSPS) is 10.7. The average Bonchev–Trinajstić information content (AvgIpc) is 2.77. The molecule has 1 N–H and O–H groups in total. The molecular formula is C15H12FN3O. The van der Waals surface area contributed by atoms with Gasteiger partial charge in [0, 0.05) is 30.6 Å². The maximum atomic E-state index is 13.1. The molecule has 0 unspecified atom stereocenters. The SMILES string of the molecule is Cn1c(O)nc(-c2ccncc2)c1-c1ccc(F)cc1. The Kier molecular flexibility index (Phi) is 2.95. The lowest BCUT2D eigenvalue weighted by atomic mass is 10.1. The number of hydrogen-bond donors (Lipinski definition) is 1. The molecule has 3 rings (SSSR count). The van der Waals surface area contributed by atoms with E-state index in [0.717, 1.165) is 16.8 Å². The maximum Gasteiger partial charge on any atom is 0.294 e. The van der Waals surface area contributed by atoms with E-state index < -0.39 is 0 Å². The van der Waals surface area contributed by atoms with Crippen LogP contribution in [0.3, 0.4) is 0 Å². The number of benzene rings is 1. The molecule has 4 nitrogen and oxygen atoms in total. The molecule has 0 amide bonds. The fourth-order valence-corrected chi connectivity index (χ4v) is 2.14. The fourth-order valence-electron chi connectivity index (χ4n) is 2.14. The van der Waals surface area contributed by atoms with Crippen molar-refractivity contribution in [3.63, 3.8) is 0 Å². The van der Waals surface area contributed by atoms with E-state index in [4.69, 9.17) is 0 Å². The summed E-state index contributed by atoms with van der Waals surface area (Å²) in [6.07, 6.45) is 3.32. The molecule has 0 saturated heterocycles. The minimum atomic E-state index is -0.300. The second-order valence-corrected chi connectivity index (χ2v) is 4.41. The summed E-state index contributed by atoms with van der Waals surface area (Å²) in [5, 5.41) is 9.86. The predicted molar refractivity (Wildman–Crippen MR) is 73.5 cm³/mol. The molecule has 0 bridgehead atoms. The topological polar surface area (TPSA) is 50.9 Å². The molecule has 0 aliphatic carbocycles. The van der Waals surface area contributed by atoms with E-state index >= 15 is 0 Å². The Morgan fingerprint density at radius 1 is 1.00 bits per heavy atom. The molecule has 0 saturated carbocycles. The number of aromatic hydroxyl groups is 1. The zero-order valence-corrected chi connectivity index (χ0v) is 10.8. The maximum absolute atomic E-state index is 13.1. The lowest BCUT2D eigenvalue weighted by Crippen LogP contribution is -1.92. The summed E-state index contributed by atoms with van der Waals surface area (Å²) in [4.78, 5) is 8.14. The van der Waals surface area contributed by atoms with Gasteiger partial charge in [0.25, 0.3) is 6.01 Å². The first-order valence-corrected chi connectivity index (χ1v) is 6.09. The third-order valence-corrected chi connectivity index (χ3v) is 3.14. The number of imidazole rings is 1. The number of nitrogens with zero attached hydrogens (tertiary/aromatic N) is 3. The Morgan fingerprint density at radius 3 is 2.30 bits per heavy atom. The highest BCUT2D eigenvalue weighted by atomic mass is 19.1. The summed E-state index contributed by atoms with van der Waals surface area (Å²) in [6, 6.07) is 9.64. The van der Waals surface area contributed by atoms with Crippen LogP contribution in [0.25, 0.3) is 22.5 Å². The Morgan fingerprint density at radius 2 is 1.65 bits per heavy atom. The molecule has 0 spiro atoms. The van der Waals surface area contributed by atoms with Gasteiger partial charge in [-0.3, -0.25) is 9.55 Å². The van der Waals surface area contributed by atoms with Crippen LogP contribution in [0, 0.1) is 5.82 Å². The van der Waals surface area contributed by atoms with Crippen molar-refractivity contribution in [2.75, 3.05) is 0 Å². The van der Waals surface area contributed by atoms with Crippen LogP contribution in [0.15, 0.2) is 48.8 Å². The van der Waals surface area contributed by atoms with Crippen LogP contribution in [0.5, 0.6) is 6.01 Å². The third kappa shape index (κ3) is 2.03. The highest BCUT2D eigenvalue weighted by molar-refractivity contribution is 5.79. The quantitative estimate of drug-likeness (QED) is 0.778. The lowest BCUT2D eigenvalue weighted by Gasteiger charge is -2.06. The minimum absolute atomic E-state index is 0.0869. The summed E-state index contributed by atoms with van der Waals surface area (Å²) < 4.78 is 14.6. The summed E-state index contributed by atoms with van der Waals surface area (Å²) in [5.41, 5.74) is 3.00. The first-order valence-electron chi connectivity index (χ1n) is 6.09. The smallest absolute Gasteiger partial charge is 0.294 e. The van der Waals surface area contributed by atoms with E-state index in [0.29, 0.717) is 5.69 Å². The molecule has 0 atom stereocenters. The molecule has 0 fully saturated rings. The summed E-state index contributed by atoms with van der Waals surface area (Å²) in [6.45, 7) is 0. The molecule has 2 heterocycles. The molecule has 2 aromatic heterocycles. The van der Waals surface area contributed by atoms with Gasteiger partial charge in [0.1, 0.15) is 11.5 Å². The van der Waals surface area contributed by atoms with E-state index in [1.165, 1.54) is 12.1 Å². The molecule has 0 aliphatic rings. The zero-order chi connectivity index (χ0) is 14.1. The van der Waals surface area contributed by atoms with E-state index in [1.807, 2.05) is 12.1 Å². The third-order valence-electron chi connectivity index (χ3n) is 3.14. The lowest BCUT2D eigenvalue weighted by molar-refractivity contribution is 0.413. The molecule has 5 heteroatoms. The monoisotopic (exact) mass is 269 g/mol. The zero-order valence-electron chi connectivity index (χ0n) is 10.8. The van der Waals surface area contributed by atoms with Crippen molar-refractivity contribution in [1.82, 2.24) is 14.5 Å². The summed E-state index contributed by atoms with van der Waals surface area (Å²) >= 11 is 0. The van der Waals surface area contributed by atoms with E-state index in [9.17, 15) is 9.50 Å². The first kappa shape index (κ1) is 12.3. The van der Waals surface area contributed by atoms with Gasteiger partial charge in [-0.15, -0.1) is 0 Å². The Bertz CT molecular complexity index is 736. The van der Waals surface area contributed by atoms with Crippen molar-refractivity contribution in [3.05, 3.63) is 54.6 Å². The largest absolute Gasteiger partial charge is 0.480 e. The van der Waals surface area contributed by atoms with Gasteiger partial charge in [-0.2, -0.15) is 4.98 Å². The van der Waals surface area contributed by atoms with Gasteiger partial charge in [0.2, 0.25) is 0 Å². The summed E-state index contributed by atoms with van der Waals surface area (Å²) in [7, 11) is 1.71. The Balaban J connectivity index is 2.22. The van der Waals surface area contributed by atoms with Crippen LogP contribution in [0.2, 0.25) is 0 Å². The number of hydrogen-bond acceptors (Lipinski definition) is 3. The van der Waals surface area contributed by atoms with Crippen LogP contribution < -0.4 is 0 Å². The molecule has 0 radical (unpaired) electrons. The van der Waals surface area contributed by atoms with Gasteiger partial charge >= 0.3 is 0 Å². The Hall–Kier alpha value is -2.69. The van der Waals surface area contributed by atoms with E-state index in [2.05, 4.69) is 9.97 Å². The van der Waals surface area contributed by atoms with Crippen molar-refractivity contribution in [1.29, 1.82) is 0 Å². The van der Waals surface area contributed by atoms with Gasteiger partial charge in [-0.1, -0.05) is 0 Å². The van der Waals surface area contributed by atoms with Crippen LogP contribution in [-0.4, -0.2) is 19.6 Å². The van der Waals surface area contributed by atoms with Crippen molar-refractivity contribution >= 4 is 0 Å². The highest BCUT2D eigenvalue weighted by Crippen LogP contribution is 2.33. The van der Waals surface area contributed by atoms with E-state index in [1.54, 1.807) is 36.1 Å². The van der Waals surface area contributed by atoms with Crippen LogP contribution in [0.4, 0.5) is 4.39 Å². The predicted octanol–water partition coefficient (Wildman–Crippen LogP) is 2.99. The van der Waals surface area contributed by atoms with Crippen molar-refractivity contribution < 1.29 is 9.50 Å². The molecule has 3 aromatic rings. The number of pyridine rings is 1. The van der Waals surface area contributed by atoms with Gasteiger partial charge in [0.05, 0.1) is 5.69 Å². The standard InChI is InChI=1S/C15H12FN3O/c1-19-14(11-2-4-12(16)5-3-11)13(18-15(19)20)10-6-8-17-9-7-10/h2-9H,1H3,(H,18,20). The highest BCUT2D eigenvalue weighted by Gasteiger charge is 2.17. The summed E-state index contributed by atoms with van der Waals surface area (Å²) in [5.74, 6) is -0.300. The van der Waals surface area contributed by atoms with Gasteiger partial charge in [0.15, 0.2) is 0 Å². The Labute approximate surface area is 115 Å². The van der Waals surface area contributed by atoms with Crippen LogP contribution >= 0.6 is 0 Å². The average molecular weight is 269 g/mol. The molecule has 1 aromatic carbocycles. The second-order valence-electron chi connectivity index (χ2n) is 4.41. The van der Waals surface area contributed by atoms with Gasteiger partial charge < -0.3 is 5.11 Å². The first-order chi connectivity index (χ1) is 9.66. The van der Waals surface area contributed by atoms with E-state index in [-0.39, 0.29) is 11.8 Å². The van der Waals surface area contributed by atoms with Gasteiger partial charge in [-0.05, 0) is 36.4 Å². The number of halogens is 1. The molecular weight excluding hydrogens is 257 g/mol.